The summed E-state index contributed by atoms with van der Waals surface area (Å²) in [5.74, 6) is 0.400. The van der Waals surface area contributed by atoms with E-state index in [-0.39, 0.29) is 12.2 Å². The molecule has 0 atom stereocenters. The Morgan fingerprint density at radius 1 is 1.47 bits per heavy atom. The van der Waals surface area contributed by atoms with Gasteiger partial charge in [0.25, 0.3) is 0 Å². The van der Waals surface area contributed by atoms with Crippen LogP contribution in [0.1, 0.15) is 11.4 Å². The quantitative estimate of drug-likeness (QED) is 0.794. The molecule has 0 aliphatic heterocycles. The van der Waals surface area contributed by atoms with Crippen LogP contribution in [0.4, 0.5) is 4.39 Å². The van der Waals surface area contributed by atoms with Gasteiger partial charge in [-0.15, -0.1) is 0 Å². The molecule has 0 saturated carbocycles. The van der Waals surface area contributed by atoms with Crippen LogP contribution in [0.2, 0.25) is 0 Å². The lowest BCUT2D eigenvalue weighted by atomic mass is 10.2. The monoisotopic (exact) mass is 229 g/mol. The number of rotatable bonds is 2. The van der Waals surface area contributed by atoms with Gasteiger partial charge < -0.3 is 4.57 Å². The summed E-state index contributed by atoms with van der Waals surface area (Å²) in [6.45, 7) is 1.91. The Balaban J connectivity index is 2.53. The van der Waals surface area contributed by atoms with E-state index in [0.29, 0.717) is 5.82 Å². The summed E-state index contributed by atoms with van der Waals surface area (Å²) in [6.07, 6.45) is 0.273. The number of aromatic nitrogens is 2. The van der Waals surface area contributed by atoms with E-state index in [9.17, 15) is 4.39 Å². The molecule has 1 aromatic heterocycles. The number of benzene rings is 1. The second kappa shape index (κ2) is 4.38. The number of halogens is 1. The van der Waals surface area contributed by atoms with Gasteiger partial charge in [0.1, 0.15) is 11.6 Å². The van der Waals surface area contributed by atoms with Crippen molar-refractivity contribution < 1.29 is 4.39 Å². The van der Waals surface area contributed by atoms with Crippen LogP contribution in [0.25, 0.3) is 11.4 Å². The maximum atomic E-state index is 13.2. The van der Waals surface area contributed by atoms with Crippen molar-refractivity contribution >= 4 is 0 Å². The molecule has 2 aromatic rings. The molecule has 0 N–H and O–H groups in total. The highest BCUT2D eigenvalue weighted by atomic mass is 19.1. The maximum absolute atomic E-state index is 13.2. The highest BCUT2D eigenvalue weighted by Gasteiger charge is 2.12. The van der Waals surface area contributed by atoms with Crippen molar-refractivity contribution in [3.8, 4) is 17.5 Å². The van der Waals surface area contributed by atoms with E-state index < -0.39 is 0 Å². The van der Waals surface area contributed by atoms with Gasteiger partial charge in [-0.05, 0) is 19.1 Å². The molecule has 0 aliphatic carbocycles. The van der Waals surface area contributed by atoms with Crippen molar-refractivity contribution in [2.75, 3.05) is 0 Å². The molecule has 0 amide bonds. The van der Waals surface area contributed by atoms with E-state index in [0.717, 1.165) is 17.0 Å². The molecule has 0 spiro atoms. The van der Waals surface area contributed by atoms with E-state index >= 15 is 0 Å². The van der Waals surface area contributed by atoms with Crippen LogP contribution in [-0.4, -0.2) is 9.55 Å². The molecule has 0 unspecified atom stereocenters. The molecular formula is C13H12FN3. The van der Waals surface area contributed by atoms with Crippen molar-refractivity contribution in [1.82, 2.24) is 9.55 Å². The third-order valence-electron chi connectivity index (χ3n) is 2.81. The third kappa shape index (κ3) is 2.04. The average Bonchev–Trinajstić information content (AvgIpc) is 2.58. The van der Waals surface area contributed by atoms with Crippen molar-refractivity contribution in [3.05, 3.63) is 41.5 Å². The second-order valence-electron chi connectivity index (χ2n) is 3.87. The molecule has 0 saturated heterocycles. The van der Waals surface area contributed by atoms with E-state index in [4.69, 9.17) is 5.26 Å². The van der Waals surface area contributed by atoms with Crippen LogP contribution in [0.5, 0.6) is 0 Å². The van der Waals surface area contributed by atoms with Crippen LogP contribution < -0.4 is 0 Å². The van der Waals surface area contributed by atoms with Gasteiger partial charge in [-0.1, -0.05) is 12.1 Å². The molecular weight excluding hydrogens is 217 g/mol. The van der Waals surface area contributed by atoms with Crippen molar-refractivity contribution in [2.45, 2.75) is 13.3 Å². The lowest BCUT2D eigenvalue weighted by Crippen LogP contribution is -1.95. The fraction of sp³-hybridized carbons (Fsp3) is 0.231. The Labute approximate surface area is 99.1 Å². The minimum Gasteiger partial charge on any atom is -0.331 e. The zero-order valence-electron chi connectivity index (χ0n) is 9.74. The van der Waals surface area contributed by atoms with E-state index in [1.54, 1.807) is 12.1 Å². The first-order valence-electron chi connectivity index (χ1n) is 5.28. The SMILES string of the molecule is Cc1c(CC#N)nc(-c2cccc(F)c2)n1C. The Kier molecular flexibility index (Phi) is 2.92. The summed E-state index contributed by atoms with van der Waals surface area (Å²) in [4.78, 5) is 4.38. The lowest BCUT2D eigenvalue weighted by molar-refractivity contribution is 0.628. The number of nitrogens with zero attached hydrogens (tertiary/aromatic N) is 3. The molecule has 0 fully saturated rings. The first-order chi connectivity index (χ1) is 8.13. The zero-order valence-corrected chi connectivity index (χ0v) is 9.74. The molecule has 2 rings (SSSR count). The fourth-order valence-corrected chi connectivity index (χ4v) is 1.76. The molecule has 86 valence electrons. The number of hydrogen-bond acceptors (Lipinski definition) is 2. The molecule has 0 bridgehead atoms. The molecule has 0 aliphatic rings. The molecule has 1 aromatic carbocycles. The van der Waals surface area contributed by atoms with Gasteiger partial charge in [-0.2, -0.15) is 5.26 Å². The van der Waals surface area contributed by atoms with Crippen LogP contribution in [-0.2, 0) is 13.5 Å². The van der Waals surface area contributed by atoms with Gasteiger partial charge in [-0.25, -0.2) is 9.37 Å². The Morgan fingerprint density at radius 3 is 2.88 bits per heavy atom. The van der Waals surface area contributed by atoms with Crippen LogP contribution in [0.15, 0.2) is 24.3 Å². The highest BCUT2D eigenvalue weighted by Crippen LogP contribution is 2.21. The Hall–Kier alpha value is -2.15. The van der Waals surface area contributed by atoms with Gasteiger partial charge in [0, 0.05) is 18.3 Å². The fourth-order valence-electron chi connectivity index (χ4n) is 1.76. The molecule has 0 radical (unpaired) electrons. The molecule has 4 heteroatoms. The van der Waals surface area contributed by atoms with Gasteiger partial charge in [0.05, 0.1) is 18.2 Å². The summed E-state index contributed by atoms with van der Waals surface area (Å²) in [5, 5.41) is 8.70. The zero-order chi connectivity index (χ0) is 12.4. The van der Waals surface area contributed by atoms with Gasteiger partial charge in [0.15, 0.2) is 0 Å². The predicted octanol–water partition coefficient (Wildman–Crippen LogP) is 2.60. The summed E-state index contributed by atoms with van der Waals surface area (Å²) >= 11 is 0. The first-order valence-corrected chi connectivity index (χ1v) is 5.28. The second-order valence-corrected chi connectivity index (χ2v) is 3.87. The largest absolute Gasteiger partial charge is 0.331 e. The normalized spacial score (nSPS) is 10.2. The summed E-state index contributed by atoms with van der Waals surface area (Å²) in [6, 6.07) is 8.38. The van der Waals surface area contributed by atoms with E-state index in [1.165, 1.54) is 12.1 Å². The van der Waals surface area contributed by atoms with Crippen molar-refractivity contribution in [1.29, 1.82) is 5.26 Å². The van der Waals surface area contributed by atoms with Crippen LogP contribution in [0.3, 0.4) is 0 Å². The molecule has 3 nitrogen and oxygen atoms in total. The topological polar surface area (TPSA) is 41.6 Å². The number of nitriles is 1. The maximum Gasteiger partial charge on any atom is 0.140 e. The van der Waals surface area contributed by atoms with Crippen LogP contribution >= 0.6 is 0 Å². The van der Waals surface area contributed by atoms with Crippen LogP contribution in [0, 0.1) is 24.1 Å². The minimum atomic E-state index is -0.287. The Morgan fingerprint density at radius 2 is 2.24 bits per heavy atom. The summed E-state index contributed by atoms with van der Waals surface area (Å²) in [7, 11) is 1.86. The van der Waals surface area contributed by atoms with Gasteiger partial charge in [0.2, 0.25) is 0 Å². The average molecular weight is 229 g/mol. The van der Waals surface area contributed by atoms with Crippen molar-refractivity contribution in [2.24, 2.45) is 7.05 Å². The Bertz CT molecular complexity index is 593. The predicted molar refractivity (Wildman–Crippen MR) is 62.7 cm³/mol. The lowest BCUT2D eigenvalue weighted by Gasteiger charge is -2.02. The van der Waals surface area contributed by atoms with Crippen molar-refractivity contribution in [3.63, 3.8) is 0 Å². The standard InChI is InChI=1S/C13H12FN3/c1-9-12(6-7-15)16-13(17(9)2)10-4-3-5-11(14)8-10/h3-5,8H,6H2,1-2H3. The van der Waals surface area contributed by atoms with Gasteiger partial charge in [-0.3, -0.25) is 0 Å². The number of hydrogen-bond donors (Lipinski definition) is 0. The molecule has 17 heavy (non-hydrogen) atoms. The van der Waals surface area contributed by atoms with Gasteiger partial charge >= 0.3 is 0 Å². The van der Waals surface area contributed by atoms with E-state index in [1.807, 2.05) is 18.5 Å². The minimum absolute atomic E-state index is 0.273. The van der Waals surface area contributed by atoms with E-state index in [2.05, 4.69) is 11.1 Å². The smallest absolute Gasteiger partial charge is 0.140 e. The highest BCUT2D eigenvalue weighted by molar-refractivity contribution is 5.57. The summed E-state index contributed by atoms with van der Waals surface area (Å²) in [5.41, 5.74) is 2.40. The number of imidazole rings is 1. The third-order valence-corrected chi connectivity index (χ3v) is 2.81. The summed E-state index contributed by atoms with van der Waals surface area (Å²) < 4.78 is 15.0. The first kappa shape index (κ1) is 11.3. The molecule has 1 heterocycles.